The number of thioether (sulfide) groups is 1. The lowest BCUT2D eigenvalue weighted by Crippen LogP contribution is -2.56. The zero-order valence-electron chi connectivity index (χ0n) is 9.78. The molecule has 1 aliphatic rings. The summed E-state index contributed by atoms with van der Waals surface area (Å²) in [5, 5.41) is 11.9. The molecule has 1 heterocycles. The Balaban J connectivity index is 2.62. The average Bonchev–Trinajstić information content (AvgIpc) is 2.68. The number of nitrogens with one attached hydrogen (secondary N) is 1. The summed E-state index contributed by atoms with van der Waals surface area (Å²) >= 11 is 1.58. The van der Waals surface area contributed by atoms with Gasteiger partial charge in [-0.2, -0.15) is 11.8 Å². The van der Waals surface area contributed by atoms with Crippen molar-refractivity contribution in [3.63, 3.8) is 0 Å². The van der Waals surface area contributed by atoms with Crippen LogP contribution in [-0.4, -0.2) is 34.0 Å². The second-order valence-corrected chi connectivity index (χ2v) is 5.47. The van der Waals surface area contributed by atoms with Gasteiger partial charge in [0.25, 0.3) is 0 Å². The molecule has 0 aromatic heterocycles. The van der Waals surface area contributed by atoms with E-state index < -0.39 is 11.5 Å². The molecule has 0 spiro atoms. The summed E-state index contributed by atoms with van der Waals surface area (Å²) in [5.74, 6) is 0.134. The number of carboxylic acids is 1. The van der Waals surface area contributed by atoms with E-state index in [0.29, 0.717) is 12.2 Å². The largest absolute Gasteiger partial charge is 0.479 e. The highest BCUT2D eigenvalue weighted by Gasteiger charge is 2.43. The minimum atomic E-state index is -1.02. The SMILES string of the molecule is CCCC(C)C(=O)NC1(C(=O)O)CCSC1. The maximum Gasteiger partial charge on any atom is 0.330 e. The second kappa shape index (κ2) is 5.57. The molecule has 1 rings (SSSR count). The number of rotatable bonds is 5. The van der Waals surface area contributed by atoms with Crippen LogP contribution in [0, 0.1) is 5.92 Å². The normalized spacial score (nSPS) is 26.4. The third-order valence-corrected chi connectivity index (χ3v) is 4.15. The molecule has 2 N–H and O–H groups in total. The molecule has 2 atom stereocenters. The van der Waals surface area contributed by atoms with Crippen LogP contribution >= 0.6 is 11.8 Å². The number of carbonyl (C=O) groups excluding carboxylic acids is 1. The number of hydrogen-bond donors (Lipinski definition) is 2. The first kappa shape index (κ1) is 13.4. The monoisotopic (exact) mass is 245 g/mol. The van der Waals surface area contributed by atoms with Crippen LogP contribution in [-0.2, 0) is 9.59 Å². The van der Waals surface area contributed by atoms with Gasteiger partial charge in [0, 0.05) is 11.7 Å². The van der Waals surface area contributed by atoms with E-state index in [1.54, 1.807) is 11.8 Å². The maximum atomic E-state index is 11.8. The van der Waals surface area contributed by atoms with Crippen molar-refractivity contribution in [3.05, 3.63) is 0 Å². The number of carboxylic acid groups (broad SMARTS) is 1. The predicted molar refractivity (Wildman–Crippen MR) is 64.5 cm³/mol. The lowest BCUT2D eigenvalue weighted by atomic mass is 9.96. The topological polar surface area (TPSA) is 66.4 Å². The van der Waals surface area contributed by atoms with E-state index >= 15 is 0 Å². The quantitative estimate of drug-likeness (QED) is 0.770. The Bertz CT molecular complexity index is 274. The van der Waals surface area contributed by atoms with Gasteiger partial charge in [-0.1, -0.05) is 20.3 Å². The molecule has 0 aliphatic carbocycles. The Hall–Kier alpha value is -0.710. The molecule has 0 bridgehead atoms. The fourth-order valence-corrected chi connectivity index (χ4v) is 3.13. The Morgan fingerprint density at radius 2 is 2.25 bits per heavy atom. The third-order valence-electron chi connectivity index (χ3n) is 2.96. The third kappa shape index (κ3) is 2.90. The summed E-state index contributed by atoms with van der Waals surface area (Å²) in [5.41, 5.74) is -1.02. The Morgan fingerprint density at radius 3 is 2.69 bits per heavy atom. The summed E-state index contributed by atoms with van der Waals surface area (Å²) in [6.07, 6.45) is 2.26. The molecule has 0 radical (unpaired) electrons. The molecular weight excluding hydrogens is 226 g/mol. The molecule has 1 saturated heterocycles. The highest BCUT2D eigenvalue weighted by atomic mass is 32.2. The van der Waals surface area contributed by atoms with Gasteiger partial charge in [0.1, 0.15) is 5.54 Å². The lowest BCUT2D eigenvalue weighted by Gasteiger charge is -2.26. The molecule has 0 aromatic carbocycles. The molecule has 0 aromatic rings. The van der Waals surface area contributed by atoms with Crippen LogP contribution in [0.5, 0.6) is 0 Å². The Kier molecular flexibility index (Phi) is 4.65. The van der Waals surface area contributed by atoms with E-state index in [0.717, 1.165) is 18.6 Å². The van der Waals surface area contributed by atoms with Gasteiger partial charge in [-0.25, -0.2) is 4.79 Å². The van der Waals surface area contributed by atoms with Gasteiger partial charge in [-0.3, -0.25) is 4.79 Å². The van der Waals surface area contributed by atoms with Gasteiger partial charge < -0.3 is 10.4 Å². The zero-order chi connectivity index (χ0) is 12.2. The van der Waals surface area contributed by atoms with Crippen molar-refractivity contribution in [1.82, 2.24) is 5.32 Å². The summed E-state index contributed by atoms with van der Waals surface area (Å²) in [7, 11) is 0. The van der Waals surface area contributed by atoms with Crippen LogP contribution in [0.4, 0.5) is 0 Å². The number of hydrogen-bond acceptors (Lipinski definition) is 3. The van der Waals surface area contributed by atoms with Crippen LogP contribution < -0.4 is 5.32 Å². The van der Waals surface area contributed by atoms with E-state index in [2.05, 4.69) is 5.32 Å². The van der Waals surface area contributed by atoms with Crippen molar-refractivity contribution in [1.29, 1.82) is 0 Å². The number of amides is 1. The summed E-state index contributed by atoms with van der Waals surface area (Å²) in [6.45, 7) is 3.86. The van der Waals surface area contributed by atoms with Crippen molar-refractivity contribution in [2.75, 3.05) is 11.5 Å². The molecule has 1 aliphatic heterocycles. The van der Waals surface area contributed by atoms with Crippen molar-refractivity contribution >= 4 is 23.6 Å². The van der Waals surface area contributed by atoms with E-state index in [-0.39, 0.29) is 11.8 Å². The smallest absolute Gasteiger partial charge is 0.330 e. The van der Waals surface area contributed by atoms with Gasteiger partial charge in [-0.15, -0.1) is 0 Å². The molecule has 2 unspecified atom stereocenters. The lowest BCUT2D eigenvalue weighted by molar-refractivity contribution is -0.147. The van der Waals surface area contributed by atoms with Crippen LogP contribution in [0.2, 0.25) is 0 Å². The molecule has 0 saturated carbocycles. The second-order valence-electron chi connectivity index (χ2n) is 4.37. The predicted octanol–water partition coefficient (Wildman–Crippen LogP) is 1.50. The van der Waals surface area contributed by atoms with Crippen LogP contribution in [0.25, 0.3) is 0 Å². The molecule has 5 heteroatoms. The molecule has 1 fully saturated rings. The van der Waals surface area contributed by atoms with Gasteiger partial charge in [0.2, 0.25) is 5.91 Å². The Labute approximate surface area is 100 Å². The van der Waals surface area contributed by atoms with Crippen molar-refractivity contribution in [3.8, 4) is 0 Å². The molecular formula is C11H19NO3S. The first-order chi connectivity index (χ1) is 7.52. The first-order valence-corrected chi connectivity index (χ1v) is 6.80. The minimum absolute atomic E-state index is 0.105. The van der Waals surface area contributed by atoms with Crippen molar-refractivity contribution in [2.24, 2.45) is 5.92 Å². The minimum Gasteiger partial charge on any atom is -0.479 e. The summed E-state index contributed by atoms with van der Waals surface area (Å²) in [6, 6.07) is 0. The van der Waals surface area contributed by atoms with Crippen molar-refractivity contribution in [2.45, 2.75) is 38.6 Å². The standard InChI is InChI=1S/C11H19NO3S/c1-3-4-8(2)9(13)12-11(10(14)15)5-6-16-7-11/h8H,3-7H2,1-2H3,(H,12,13)(H,14,15). The number of aliphatic carboxylic acids is 1. The average molecular weight is 245 g/mol. The maximum absolute atomic E-state index is 11.8. The zero-order valence-corrected chi connectivity index (χ0v) is 10.6. The molecule has 1 amide bonds. The number of carbonyl (C=O) groups is 2. The van der Waals surface area contributed by atoms with Gasteiger partial charge in [-0.05, 0) is 18.6 Å². The van der Waals surface area contributed by atoms with E-state index in [9.17, 15) is 14.7 Å². The molecule has 92 valence electrons. The summed E-state index contributed by atoms with van der Waals surface area (Å²) in [4.78, 5) is 23.0. The van der Waals surface area contributed by atoms with E-state index in [1.165, 1.54) is 0 Å². The fraction of sp³-hybridized carbons (Fsp3) is 0.818. The highest BCUT2D eigenvalue weighted by molar-refractivity contribution is 7.99. The van der Waals surface area contributed by atoms with Crippen LogP contribution in [0.3, 0.4) is 0 Å². The van der Waals surface area contributed by atoms with Gasteiger partial charge >= 0.3 is 5.97 Å². The molecule has 16 heavy (non-hydrogen) atoms. The van der Waals surface area contributed by atoms with Crippen molar-refractivity contribution < 1.29 is 14.7 Å². The van der Waals surface area contributed by atoms with Crippen LogP contribution in [0.15, 0.2) is 0 Å². The van der Waals surface area contributed by atoms with E-state index in [1.807, 2.05) is 13.8 Å². The van der Waals surface area contributed by atoms with Gasteiger partial charge in [0.15, 0.2) is 0 Å². The molecule has 4 nitrogen and oxygen atoms in total. The Morgan fingerprint density at radius 1 is 1.56 bits per heavy atom. The first-order valence-electron chi connectivity index (χ1n) is 5.65. The van der Waals surface area contributed by atoms with Crippen LogP contribution in [0.1, 0.15) is 33.1 Å². The highest BCUT2D eigenvalue weighted by Crippen LogP contribution is 2.28. The summed E-state index contributed by atoms with van der Waals surface area (Å²) < 4.78 is 0. The fourth-order valence-electron chi connectivity index (χ4n) is 1.81. The van der Waals surface area contributed by atoms with Gasteiger partial charge in [0.05, 0.1) is 0 Å². The van der Waals surface area contributed by atoms with E-state index in [4.69, 9.17) is 0 Å².